The molecule has 0 aliphatic rings. The SMILES string of the molecule is Cc1cc(F)ccc1NC(=O)N(C)CCO. The predicted molar refractivity (Wildman–Crippen MR) is 59.9 cm³/mol. The number of urea groups is 1. The topological polar surface area (TPSA) is 52.6 Å². The van der Waals surface area contributed by atoms with Gasteiger partial charge in [0.2, 0.25) is 0 Å². The third-order valence-electron chi connectivity index (χ3n) is 2.21. The molecule has 4 nitrogen and oxygen atoms in total. The average molecular weight is 226 g/mol. The Labute approximate surface area is 93.7 Å². The number of halogens is 1. The first kappa shape index (κ1) is 12.4. The highest BCUT2D eigenvalue weighted by Crippen LogP contribution is 2.15. The molecule has 0 radical (unpaired) electrons. The maximum atomic E-state index is 12.8. The molecule has 0 bridgehead atoms. The number of anilines is 1. The molecular weight excluding hydrogens is 211 g/mol. The molecule has 0 aromatic heterocycles. The lowest BCUT2D eigenvalue weighted by atomic mass is 10.2. The zero-order chi connectivity index (χ0) is 12.1. The lowest BCUT2D eigenvalue weighted by molar-refractivity contribution is 0.202. The summed E-state index contributed by atoms with van der Waals surface area (Å²) in [5.41, 5.74) is 1.22. The van der Waals surface area contributed by atoms with Crippen LogP contribution >= 0.6 is 0 Å². The fourth-order valence-electron chi connectivity index (χ4n) is 1.23. The van der Waals surface area contributed by atoms with Crippen LogP contribution in [-0.4, -0.2) is 36.2 Å². The van der Waals surface area contributed by atoms with Gasteiger partial charge in [0.15, 0.2) is 0 Å². The van der Waals surface area contributed by atoms with Gasteiger partial charge in [0.25, 0.3) is 0 Å². The molecule has 16 heavy (non-hydrogen) atoms. The third-order valence-corrected chi connectivity index (χ3v) is 2.21. The maximum Gasteiger partial charge on any atom is 0.321 e. The van der Waals surface area contributed by atoms with Gasteiger partial charge in [-0.15, -0.1) is 0 Å². The number of nitrogens with one attached hydrogen (secondary N) is 1. The van der Waals surface area contributed by atoms with Gasteiger partial charge in [0.05, 0.1) is 6.61 Å². The molecule has 0 spiro atoms. The molecule has 1 aromatic rings. The van der Waals surface area contributed by atoms with Crippen LogP contribution in [0.3, 0.4) is 0 Å². The number of benzene rings is 1. The van der Waals surface area contributed by atoms with Crippen LogP contribution in [0.1, 0.15) is 5.56 Å². The van der Waals surface area contributed by atoms with Crippen LogP contribution in [0.15, 0.2) is 18.2 Å². The summed E-state index contributed by atoms with van der Waals surface area (Å²) in [6, 6.07) is 3.81. The Balaban J connectivity index is 2.69. The van der Waals surface area contributed by atoms with Gasteiger partial charge in [-0.25, -0.2) is 9.18 Å². The Morgan fingerprint density at radius 2 is 2.25 bits per heavy atom. The Kier molecular flexibility index (Phi) is 4.25. The number of aliphatic hydroxyl groups is 1. The van der Waals surface area contributed by atoms with Crippen LogP contribution in [0.2, 0.25) is 0 Å². The highest BCUT2D eigenvalue weighted by Gasteiger charge is 2.09. The summed E-state index contributed by atoms with van der Waals surface area (Å²) in [6.07, 6.45) is 0. The molecule has 2 amide bonds. The predicted octanol–water partition coefficient (Wildman–Crippen LogP) is 1.59. The third kappa shape index (κ3) is 3.20. The number of nitrogens with zero attached hydrogens (tertiary/aromatic N) is 1. The summed E-state index contributed by atoms with van der Waals surface area (Å²) in [5.74, 6) is -0.334. The number of aryl methyl sites for hydroxylation is 1. The van der Waals surface area contributed by atoms with Crippen molar-refractivity contribution in [2.24, 2.45) is 0 Å². The smallest absolute Gasteiger partial charge is 0.321 e. The van der Waals surface area contributed by atoms with E-state index in [2.05, 4.69) is 5.32 Å². The Morgan fingerprint density at radius 3 is 2.81 bits per heavy atom. The van der Waals surface area contributed by atoms with Crippen molar-refractivity contribution in [3.63, 3.8) is 0 Å². The van der Waals surface area contributed by atoms with Crippen molar-refractivity contribution < 1.29 is 14.3 Å². The quantitative estimate of drug-likeness (QED) is 0.822. The number of carbonyl (C=O) groups excluding carboxylic acids is 1. The molecule has 0 fully saturated rings. The van der Waals surface area contributed by atoms with Gasteiger partial charge in [-0.2, -0.15) is 0 Å². The van der Waals surface area contributed by atoms with Gasteiger partial charge in [0, 0.05) is 19.3 Å². The van der Waals surface area contributed by atoms with E-state index in [1.54, 1.807) is 14.0 Å². The summed E-state index contributed by atoms with van der Waals surface area (Å²) in [5, 5.41) is 11.3. The fourth-order valence-corrected chi connectivity index (χ4v) is 1.23. The van der Waals surface area contributed by atoms with Gasteiger partial charge >= 0.3 is 6.03 Å². The number of amides is 2. The van der Waals surface area contributed by atoms with E-state index >= 15 is 0 Å². The Morgan fingerprint density at radius 1 is 1.56 bits per heavy atom. The molecule has 0 saturated carbocycles. The average Bonchev–Trinajstić information content (AvgIpc) is 2.22. The number of hydrogen-bond acceptors (Lipinski definition) is 2. The fraction of sp³-hybridized carbons (Fsp3) is 0.364. The van der Waals surface area contributed by atoms with Gasteiger partial charge in [-0.05, 0) is 30.7 Å². The van der Waals surface area contributed by atoms with Crippen molar-refractivity contribution in [3.8, 4) is 0 Å². The van der Waals surface area contributed by atoms with Crippen LogP contribution in [0, 0.1) is 12.7 Å². The van der Waals surface area contributed by atoms with Crippen molar-refractivity contribution in [2.45, 2.75) is 6.92 Å². The first-order chi connectivity index (χ1) is 7.54. The van der Waals surface area contributed by atoms with Gasteiger partial charge in [0.1, 0.15) is 5.82 Å². The zero-order valence-electron chi connectivity index (χ0n) is 9.33. The van der Waals surface area contributed by atoms with Crippen molar-refractivity contribution in [3.05, 3.63) is 29.6 Å². The monoisotopic (exact) mass is 226 g/mol. The van der Waals surface area contributed by atoms with Crippen LogP contribution in [0.25, 0.3) is 0 Å². The summed E-state index contributed by atoms with van der Waals surface area (Å²) >= 11 is 0. The number of carbonyl (C=O) groups is 1. The van der Waals surface area contributed by atoms with E-state index in [1.807, 2.05) is 0 Å². The molecule has 0 aliphatic carbocycles. The summed E-state index contributed by atoms with van der Waals surface area (Å²) < 4.78 is 12.8. The highest BCUT2D eigenvalue weighted by atomic mass is 19.1. The van der Waals surface area contributed by atoms with Crippen LogP contribution in [-0.2, 0) is 0 Å². The van der Waals surface area contributed by atoms with Gasteiger partial charge in [-0.1, -0.05) is 0 Å². The van der Waals surface area contributed by atoms with Crippen molar-refractivity contribution in [1.82, 2.24) is 4.90 Å². The van der Waals surface area contributed by atoms with E-state index in [0.717, 1.165) is 0 Å². The minimum Gasteiger partial charge on any atom is -0.395 e. The Hall–Kier alpha value is -1.62. The first-order valence-electron chi connectivity index (χ1n) is 4.93. The lowest BCUT2D eigenvalue weighted by Gasteiger charge is -2.17. The molecule has 1 rings (SSSR count). The molecule has 5 heteroatoms. The molecule has 2 N–H and O–H groups in total. The molecule has 0 unspecified atom stereocenters. The minimum atomic E-state index is -0.334. The normalized spacial score (nSPS) is 10.0. The van der Waals surface area contributed by atoms with Crippen molar-refractivity contribution in [1.29, 1.82) is 0 Å². The minimum absolute atomic E-state index is 0.0910. The van der Waals surface area contributed by atoms with Crippen molar-refractivity contribution >= 4 is 11.7 Å². The van der Waals surface area contributed by atoms with Crippen LogP contribution in [0.4, 0.5) is 14.9 Å². The van der Waals surface area contributed by atoms with E-state index < -0.39 is 0 Å². The van der Waals surface area contributed by atoms with Crippen molar-refractivity contribution in [2.75, 3.05) is 25.5 Å². The molecule has 0 aliphatic heterocycles. The van der Waals surface area contributed by atoms with E-state index in [9.17, 15) is 9.18 Å². The summed E-state index contributed by atoms with van der Waals surface area (Å²) in [4.78, 5) is 12.9. The molecule has 0 saturated heterocycles. The zero-order valence-corrected chi connectivity index (χ0v) is 9.33. The van der Waals surface area contributed by atoms with Gasteiger partial charge in [-0.3, -0.25) is 0 Å². The molecule has 1 aromatic carbocycles. The molecule has 88 valence electrons. The number of likely N-dealkylation sites (N-methyl/N-ethyl adjacent to an activating group) is 1. The number of hydrogen-bond donors (Lipinski definition) is 2. The van der Waals surface area contributed by atoms with E-state index in [-0.39, 0.29) is 25.0 Å². The maximum absolute atomic E-state index is 12.8. The van der Waals surface area contributed by atoms with Crippen LogP contribution in [0.5, 0.6) is 0 Å². The highest BCUT2D eigenvalue weighted by molar-refractivity contribution is 5.89. The Bertz CT molecular complexity index is 382. The molecular formula is C11H15FN2O2. The molecule has 0 heterocycles. The standard InChI is InChI=1S/C11H15FN2O2/c1-8-7-9(12)3-4-10(8)13-11(16)14(2)5-6-15/h3-4,7,15H,5-6H2,1-2H3,(H,13,16). The number of aliphatic hydroxyl groups excluding tert-OH is 1. The van der Waals surface area contributed by atoms with Crippen LogP contribution < -0.4 is 5.32 Å². The largest absolute Gasteiger partial charge is 0.395 e. The van der Waals surface area contributed by atoms with Gasteiger partial charge < -0.3 is 15.3 Å². The van der Waals surface area contributed by atoms with E-state index in [4.69, 9.17) is 5.11 Å². The summed E-state index contributed by atoms with van der Waals surface area (Å²) in [7, 11) is 1.57. The summed E-state index contributed by atoms with van der Waals surface area (Å²) in [6.45, 7) is 1.88. The second kappa shape index (κ2) is 5.46. The molecule has 0 atom stereocenters. The first-order valence-corrected chi connectivity index (χ1v) is 4.93. The second-order valence-corrected chi connectivity index (χ2v) is 3.53. The lowest BCUT2D eigenvalue weighted by Crippen LogP contribution is -2.33. The van der Waals surface area contributed by atoms with E-state index in [1.165, 1.54) is 23.1 Å². The van der Waals surface area contributed by atoms with E-state index in [0.29, 0.717) is 11.3 Å². The second-order valence-electron chi connectivity index (χ2n) is 3.53. The number of rotatable bonds is 3.